The second-order valence-corrected chi connectivity index (χ2v) is 12.7. The number of carboxylic acid groups (broad SMARTS) is 5. The number of carbonyl (C=O) groups excluding carboxylic acids is 4. The van der Waals surface area contributed by atoms with Gasteiger partial charge in [-0.1, -0.05) is 0 Å². The molecule has 13 N–H and O–H groups in total. The Morgan fingerprint density at radius 2 is 1.07 bits per heavy atom. The van der Waals surface area contributed by atoms with Crippen molar-refractivity contribution in [1.29, 1.82) is 0 Å². The van der Waals surface area contributed by atoms with Gasteiger partial charge in [0.2, 0.25) is 23.7 Å². The van der Waals surface area contributed by atoms with Crippen molar-refractivity contribution in [2.75, 3.05) is 11.1 Å². The molecule has 59 heavy (non-hydrogen) atoms. The number of fused-ring (bicyclic) bond motifs is 1. The van der Waals surface area contributed by atoms with E-state index in [0.717, 1.165) is 0 Å². The zero-order chi connectivity index (χ0) is 43.8. The molecule has 0 aliphatic heterocycles. The molecule has 2 heterocycles. The minimum atomic E-state index is -1.67. The summed E-state index contributed by atoms with van der Waals surface area (Å²) in [4.78, 5) is 134. The molecule has 0 radical (unpaired) electrons. The van der Waals surface area contributed by atoms with E-state index in [4.69, 9.17) is 15.9 Å². The number of nitrogens with two attached hydrogens (primary N) is 1. The standard InChI is InChI=1S/C34H40N10O15/c35-34-43-27-26(29(51)44-34)38-17(14-37-27)13-36-16-3-1-15(2-4-16)28(50)42-21(33(58)59)7-11-24(47)40-19(31(54)55)5-9-22(45)39-18(30(52)53)6-10-23(46)41-20(32(56)57)8-12-25(48)49/h1-4,14,18-21,36H,5-13H2,(H,39,45)(H,40,47)(H,41,46)(H,42,50)(H,48,49)(H,52,53)(H,54,55)(H,56,57)(H,58,59)(H3,35,37,43,44,51)/t18-,19-,20-,21-/m0/s1. The van der Waals surface area contributed by atoms with Gasteiger partial charge >= 0.3 is 29.8 Å². The van der Waals surface area contributed by atoms with Gasteiger partial charge in [0.15, 0.2) is 11.2 Å². The number of amides is 4. The molecule has 0 aliphatic carbocycles. The third-order valence-corrected chi connectivity index (χ3v) is 8.24. The van der Waals surface area contributed by atoms with Crippen molar-refractivity contribution in [1.82, 2.24) is 41.2 Å². The third kappa shape index (κ3) is 15.0. The number of H-pyrrole nitrogens is 1. The maximum atomic E-state index is 12.8. The van der Waals surface area contributed by atoms with Crippen LogP contribution in [-0.2, 0) is 44.9 Å². The maximum absolute atomic E-state index is 12.8. The second-order valence-electron chi connectivity index (χ2n) is 12.7. The van der Waals surface area contributed by atoms with Crippen LogP contribution in [0.15, 0.2) is 35.3 Å². The maximum Gasteiger partial charge on any atom is 0.326 e. The van der Waals surface area contributed by atoms with Crippen LogP contribution in [0, 0.1) is 0 Å². The normalized spacial score (nSPS) is 12.8. The summed E-state index contributed by atoms with van der Waals surface area (Å²) >= 11 is 0. The van der Waals surface area contributed by atoms with E-state index in [1.165, 1.54) is 30.5 Å². The Balaban J connectivity index is 1.46. The fourth-order valence-electron chi connectivity index (χ4n) is 5.15. The highest BCUT2D eigenvalue weighted by atomic mass is 16.4. The summed E-state index contributed by atoms with van der Waals surface area (Å²) in [5.74, 6) is -11.2. The first-order valence-corrected chi connectivity index (χ1v) is 17.5. The minimum absolute atomic E-state index is 0.0134. The number of benzene rings is 1. The molecule has 3 aromatic rings. The van der Waals surface area contributed by atoms with E-state index in [1.54, 1.807) is 0 Å². The molecular formula is C34H40N10O15. The lowest BCUT2D eigenvalue weighted by atomic mass is 10.1. The molecule has 316 valence electrons. The fraction of sp³-hybridized carbons (Fsp3) is 0.382. The van der Waals surface area contributed by atoms with Gasteiger partial charge in [0.1, 0.15) is 24.2 Å². The number of aromatic nitrogens is 4. The number of nitrogens with one attached hydrogen (secondary N) is 6. The summed E-state index contributed by atoms with van der Waals surface area (Å²) < 4.78 is 0. The number of hydrogen-bond acceptors (Lipinski definition) is 15. The molecule has 3 rings (SSSR count). The van der Waals surface area contributed by atoms with Crippen LogP contribution in [0.5, 0.6) is 0 Å². The SMILES string of the molecule is Nc1nc2ncc(CNc3ccc(C(=O)N[C@@H](CCC(=O)N[C@@H](CCC(=O)N[C@@H](CCC(=O)N[C@@H](CCC(=O)O)C(=O)O)C(=O)O)C(=O)O)C(=O)O)cc3)nc2c(=O)[nH]1. The molecule has 0 aliphatic rings. The van der Waals surface area contributed by atoms with Crippen LogP contribution in [0.1, 0.15) is 67.4 Å². The topological polar surface area (TPSA) is 412 Å². The number of carbonyl (C=O) groups is 9. The molecule has 0 fully saturated rings. The smallest absolute Gasteiger partial charge is 0.326 e. The first-order valence-electron chi connectivity index (χ1n) is 17.5. The van der Waals surface area contributed by atoms with Crippen molar-refractivity contribution in [2.45, 2.75) is 82.1 Å². The number of anilines is 2. The summed E-state index contributed by atoms with van der Waals surface area (Å²) in [5, 5.41) is 58.2. The molecule has 0 unspecified atom stereocenters. The van der Waals surface area contributed by atoms with Gasteiger partial charge < -0.3 is 57.9 Å². The van der Waals surface area contributed by atoms with Crippen molar-refractivity contribution < 1.29 is 68.7 Å². The molecule has 0 saturated carbocycles. The van der Waals surface area contributed by atoms with E-state index in [1.807, 2.05) is 0 Å². The first-order chi connectivity index (χ1) is 27.8. The Morgan fingerprint density at radius 3 is 1.51 bits per heavy atom. The van der Waals surface area contributed by atoms with Crippen LogP contribution >= 0.6 is 0 Å². The van der Waals surface area contributed by atoms with Crippen molar-refractivity contribution >= 4 is 76.3 Å². The third-order valence-electron chi connectivity index (χ3n) is 8.24. The molecule has 4 atom stereocenters. The zero-order valence-electron chi connectivity index (χ0n) is 30.8. The fourth-order valence-corrected chi connectivity index (χ4v) is 5.15. The van der Waals surface area contributed by atoms with Crippen LogP contribution in [0.2, 0.25) is 0 Å². The summed E-state index contributed by atoms with van der Waals surface area (Å²) in [5.41, 5.74) is 5.97. The summed E-state index contributed by atoms with van der Waals surface area (Å²) in [7, 11) is 0. The van der Waals surface area contributed by atoms with Gasteiger partial charge in [-0.25, -0.2) is 29.1 Å². The largest absolute Gasteiger partial charge is 0.481 e. The quantitative estimate of drug-likeness (QED) is 0.0465. The van der Waals surface area contributed by atoms with Crippen molar-refractivity contribution in [3.63, 3.8) is 0 Å². The van der Waals surface area contributed by atoms with Gasteiger partial charge in [-0.05, 0) is 49.9 Å². The van der Waals surface area contributed by atoms with Crippen molar-refractivity contribution in [3.8, 4) is 0 Å². The zero-order valence-corrected chi connectivity index (χ0v) is 30.8. The van der Waals surface area contributed by atoms with E-state index in [9.17, 15) is 63.3 Å². The highest BCUT2D eigenvalue weighted by Crippen LogP contribution is 2.13. The summed E-state index contributed by atoms with van der Waals surface area (Å²) in [6, 6.07) is -0.643. The van der Waals surface area contributed by atoms with Gasteiger partial charge in [0.25, 0.3) is 11.5 Å². The van der Waals surface area contributed by atoms with E-state index in [2.05, 4.69) is 46.5 Å². The lowest BCUT2D eigenvalue weighted by molar-refractivity contribution is -0.144. The van der Waals surface area contributed by atoms with Crippen molar-refractivity contribution in [3.05, 3.63) is 52.1 Å². The molecule has 1 aromatic carbocycles. The second kappa shape index (κ2) is 21.5. The van der Waals surface area contributed by atoms with Gasteiger partial charge in [-0.2, -0.15) is 4.98 Å². The van der Waals surface area contributed by atoms with E-state index >= 15 is 0 Å². The number of aromatic amines is 1. The van der Waals surface area contributed by atoms with Crippen LogP contribution < -0.4 is 37.9 Å². The molecule has 4 amide bonds. The van der Waals surface area contributed by atoms with E-state index < -0.39 is 135 Å². The number of aliphatic carboxylic acids is 5. The number of rotatable bonds is 24. The Labute approximate surface area is 331 Å². The monoisotopic (exact) mass is 828 g/mol. The highest BCUT2D eigenvalue weighted by Gasteiger charge is 2.27. The number of carboxylic acids is 5. The lowest BCUT2D eigenvalue weighted by Gasteiger charge is -2.18. The van der Waals surface area contributed by atoms with Crippen LogP contribution in [-0.4, -0.2) is 123 Å². The molecular weight excluding hydrogens is 788 g/mol. The molecule has 25 heteroatoms. The molecule has 0 bridgehead atoms. The number of hydrogen-bond donors (Lipinski definition) is 12. The molecule has 2 aromatic heterocycles. The predicted octanol–water partition coefficient (Wildman–Crippen LogP) is -2.00. The molecule has 0 spiro atoms. The highest BCUT2D eigenvalue weighted by molar-refractivity contribution is 5.97. The Morgan fingerprint density at radius 1 is 0.627 bits per heavy atom. The average Bonchev–Trinajstić information content (AvgIpc) is 3.16. The molecule has 25 nitrogen and oxygen atoms in total. The Hall–Kier alpha value is -7.73. The first kappa shape index (κ1) is 45.7. The summed E-state index contributed by atoms with van der Waals surface area (Å²) in [6.45, 7) is 0.129. The van der Waals surface area contributed by atoms with Crippen LogP contribution in [0.4, 0.5) is 11.6 Å². The van der Waals surface area contributed by atoms with Gasteiger partial charge in [-0.3, -0.25) is 33.8 Å². The predicted molar refractivity (Wildman–Crippen MR) is 198 cm³/mol. The Kier molecular flexibility index (Phi) is 16.7. The van der Waals surface area contributed by atoms with Gasteiger partial charge in [0, 0.05) is 36.9 Å². The average molecular weight is 829 g/mol. The van der Waals surface area contributed by atoms with Crippen LogP contribution in [0.3, 0.4) is 0 Å². The lowest BCUT2D eigenvalue weighted by Crippen LogP contribution is -2.45. The van der Waals surface area contributed by atoms with E-state index in [-0.39, 0.29) is 29.2 Å². The van der Waals surface area contributed by atoms with Gasteiger partial charge in [-0.15, -0.1) is 0 Å². The van der Waals surface area contributed by atoms with Gasteiger partial charge in [0.05, 0.1) is 18.4 Å². The van der Waals surface area contributed by atoms with Crippen molar-refractivity contribution in [2.24, 2.45) is 0 Å². The summed E-state index contributed by atoms with van der Waals surface area (Å²) in [6.07, 6.45) is -2.85. The number of nitrogen functional groups attached to an aromatic ring is 1. The molecule has 0 saturated heterocycles. The Bertz CT molecular complexity index is 2140. The minimum Gasteiger partial charge on any atom is -0.481 e. The van der Waals surface area contributed by atoms with Crippen LogP contribution in [0.25, 0.3) is 11.2 Å². The van der Waals surface area contributed by atoms with E-state index in [0.29, 0.717) is 11.4 Å². The number of nitrogens with zero attached hydrogens (tertiary/aromatic N) is 3.